The molecule has 1 aliphatic carbocycles. The van der Waals surface area contributed by atoms with Crippen molar-refractivity contribution < 1.29 is 4.79 Å². The van der Waals surface area contributed by atoms with Crippen LogP contribution in [0.15, 0.2) is 11.6 Å². The van der Waals surface area contributed by atoms with Gasteiger partial charge in [0.05, 0.1) is 5.92 Å². The zero-order valence-corrected chi connectivity index (χ0v) is 14.2. The van der Waals surface area contributed by atoms with Gasteiger partial charge < -0.3 is 9.88 Å². The summed E-state index contributed by atoms with van der Waals surface area (Å²) in [6, 6.07) is 0. The van der Waals surface area contributed by atoms with E-state index in [0.717, 1.165) is 5.82 Å². The van der Waals surface area contributed by atoms with Gasteiger partial charge in [-0.15, -0.1) is 0 Å². The van der Waals surface area contributed by atoms with Gasteiger partial charge >= 0.3 is 0 Å². The normalized spacial score (nSPS) is 22.7. The Balaban J connectivity index is 1.87. The molecule has 0 spiro atoms. The van der Waals surface area contributed by atoms with Gasteiger partial charge in [0.25, 0.3) is 0 Å². The van der Waals surface area contributed by atoms with Crippen LogP contribution in [-0.4, -0.2) is 27.2 Å². The summed E-state index contributed by atoms with van der Waals surface area (Å²) in [7, 11) is 1.87. The molecule has 1 aromatic heterocycles. The fourth-order valence-electron chi connectivity index (χ4n) is 2.86. The molecule has 116 valence electrons. The van der Waals surface area contributed by atoms with Crippen molar-refractivity contribution in [3.05, 3.63) is 22.2 Å². The number of amides is 1. The second kappa shape index (κ2) is 5.75. The summed E-state index contributed by atoms with van der Waals surface area (Å²) >= 11 is 5.06. The van der Waals surface area contributed by atoms with Gasteiger partial charge in [0.1, 0.15) is 5.82 Å². The summed E-state index contributed by atoms with van der Waals surface area (Å²) in [4.78, 5) is 12.3. The lowest BCUT2D eigenvalue weighted by Crippen LogP contribution is -2.29. The molecule has 21 heavy (non-hydrogen) atoms. The molecule has 1 amide bonds. The van der Waals surface area contributed by atoms with Crippen molar-refractivity contribution >= 4 is 18.1 Å². The van der Waals surface area contributed by atoms with Gasteiger partial charge in [-0.05, 0) is 37.4 Å². The van der Waals surface area contributed by atoms with E-state index in [1.54, 1.807) is 0 Å². The second-order valence-corrected chi connectivity index (χ2v) is 7.00. The highest BCUT2D eigenvalue weighted by atomic mass is 32.1. The van der Waals surface area contributed by atoms with Crippen LogP contribution in [0.25, 0.3) is 0 Å². The Morgan fingerprint density at radius 2 is 2.19 bits per heavy atom. The van der Waals surface area contributed by atoms with Gasteiger partial charge in [-0.2, -0.15) is 5.10 Å². The van der Waals surface area contributed by atoms with E-state index in [2.05, 4.69) is 49.3 Å². The molecule has 0 saturated heterocycles. The fourth-order valence-corrected chi connectivity index (χ4v) is 3.01. The molecule has 1 heterocycles. The van der Waals surface area contributed by atoms with Crippen LogP contribution < -0.4 is 5.32 Å². The number of nitrogens with one attached hydrogen (secondary N) is 2. The average molecular weight is 308 g/mol. The van der Waals surface area contributed by atoms with Crippen LogP contribution in [0, 0.1) is 22.0 Å². The molecular formula is C15H24N4OS. The topological polar surface area (TPSA) is 62.7 Å². The van der Waals surface area contributed by atoms with E-state index >= 15 is 0 Å². The maximum Gasteiger partial charge on any atom is 0.224 e. The molecule has 2 atom stereocenters. The highest BCUT2D eigenvalue weighted by Crippen LogP contribution is 2.59. The Morgan fingerprint density at radius 1 is 1.52 bits per heavy atom. The number of carbonyl (C=O) groups is 1. The third kappa shape index (κ3) is 3.26. The fraction of sp³-hybridized carbons (Fsp3) is 0.667. The zero-order chi connectivity index (χ0) is 15.8. The summed E-state index contributed by atoms with van der Waals surface area (Å²) in [5, 5.41) is 9.91. The minimum atomic E-state index is 0.0616. The smallest absolute Gasteiger partial charge is 0.224 e. The molecule has 1 aliphatic rings. The highest BCUT2D eigenvalue weighted by Gasteiger charge is 2.60. The van der Waals surface area contributed by atoms with E-state index in [0.29, 0.717) is 23.7 Å². The highest BCUT2D eigenvalue weighted by molar-refractivity contribution is 7.71. The lowest BCUT2D eigenvalue weighted by Gasteiger charge is -2.05. The van der Waals surface area contributed by atoms with Crippen LogP contribution in [-0.2, 0) is 18.3 Å². The molecule has 6 heteroatoms. The SMILES string of the molecule is CC(C)=CC1C(C(=O)NCCc2n[nH]c(=S)n2C)C1(C)C. The van der Waals surface area contributed by atoms with E-state index in [9.17, 15) is 4.79 Å². The lowest BCUT2D eigenvalue weighted by molar-refractivity contribution is -0.123. The molecule has 2 rings (SSSR count). The van der Waals surface area contributed by atoms with Crippen molar-refractivity contribution in [1.82, 2.24) is 20.1 Å². The number of hydrogen-bond donors (Lipinski definition) is 2. The largest absolute Gasteiger partial charge is 0.355 e. The first-order valence-electron chi connectivity index (χ1n) is 7.28. The third-order valence-corrected chi connectivity index (χ3v) is 4.69. The Hall–Kier alpha value is -1.43. The van der Waals surface area contributed by atoms with E-state index in [1.165, 1.54) is 5.57 Å². The van der Waals surface area contributed by atoms with Crippen LogP contribution in [0.2, 0.25) is 0 Å². The van der Waals surface area contributed by atoms with E-state index in [1.807, 2.05) is 11.6 Å². The molecular weight excluding hydrogens is 284 g/mol. The molecule has 0 aliphatic heterocycles. The minimum absolute atomic E-state index is 0.0616. The quantitative estimate of drug-likeness (QED) is 0.648. The predicted octanol–water partition coefficient (Wildman–Crippen LogP) is 2.37. The third-order valence-electron chi connectivity index (χ3n) is 4.33. The van der Waals surface area contributed by atoms with E-state index < -0.39 is 0 Å². The summed E-state index contributed by atoms with van der Waals surface area (Å²) < 4.78 is 2.43. The van der Waals surface area contributed by atoms with Gasteiger partial charge in [-0.3, -0.25) is 9.89 Å². The monoisotopic (exact) mass is 308 g/mol. The first-order chi connectivity index (χ1) is 9.75. The first kappa shape index (κ1) is 15.9. The van der Waals surface area contributed by atoms with Crippen LogP contribution in [0.3, 0.4) is 0 Å². The van der Waals surface area contributed by atoms with Crippen molar-refractivity contribution in [3.63, 3.8) is 0 Å². The maximum absolute atomic E-state index is 12.3. The van der Waals surface area contributed by atoms with Crippen molar-refractivity contribution in [2.45, 2.75) is 34.1 Å². The van der Waals surface area contributed by atoms with Crippen LogP contribution in [0.4, 0.5) is 0 Å². The van der Waals surface area contributed by atoms with Gasteiger partial charge in [0, 0.05) is 20.0 Å². The Bertz CT molecular complexity index is 622. The van der Waals surface area contributed by atoms with Crippen LogP contribution >= 0.6 is 12.2 Å². The Labute approximate surface area is 130 Å². The number of carbonyl (C=O) groups excluding carboxylic acids is 1. The van der Waals surface area contributed by atoms with Crippen molar-refractivity contribution in [1.29, 1.82) is 0 Å². The number of allylic oxidation sites excluding steroid dienone is 2. The van der Waals surface area contributed by atoms with Crippen molar-refractivity contribution in [3.8, 4) is 0 Å². The minimum Gasteiger partial charge on any atom is -0.355 e. The van der Waals surface area contributed by atoms with Gasteiger partial charge in [0.15, 0.2) is 4.77 Å². The van der Waals surface area contributed by atoms with Gasteiger partial charge in [-0.1, -0.05) is 25.5 Å². The molecule has 1 saturated carbocycles. The Morgan fingerprint density at radius 3 is 2.71 bits per heavy atom. The lowest BCUT2D eigenvalue weighted by atomic mass is 10.1. The standard InChI is InChI=1S/C15H24N4OS/c1-9(2)8-10-12(15(10,3)4)13(20)16-7-6-11-17-18-14(21)19(11)5/h8,10,12H,6-7H2,1-5H3,(H,16,20)(H,18,21). The van der Waals surface area contributed by atoms with E-state index in [-0.39, 0.29) is 17.2 Å². The molecule has 2 N–H and O–H groups in total. The molecule has 5 nitrogen and oxygen atoms in total. The molecule has 0 bridgehead atoms. The van der Waals surface area contributed by atoms with Crippen molar-refractivity contribution in [2.75, 3.05) is 6.54 Å². The summed E-state index contributed by atoms with van der Waals surface area (Å²) in [6.07, 6.45) is 2.89. The predicted molar refractivity (Wildman–Crippen MR) is 85.3 cm³/mol. The molecule has 1 aromatic rings. The van der Waals surface area contributed by atoms with Gasteiger partial charge in [-0.25, -0.2) is 0 Å². The number of rotatable bonds is 5. The molecule has 0 aromatic carbocycles. The number of nitrogens with zero attached hydrogens (tertiary/aromatic N) is 2. The van der Waals surface area contributed by atoms with E-state index in [4.69, 9.17) is 12.2 Å². The summed E-state index contributed by atoms with van der Waals surface area (Å²) in [6.45, 7) is 9.04. The zero-order valence-electron chi connectivity index (χ0n) is 13.4. The number of aromatic nitrogens is 3. The number of aromatic amines is 1. The number of hydrogen-bond acceptors (Lipinski definition) is 3. The second-order valence-electron chi connectivity index (χ2n) is 6.61. The summed E-state index contributed by atoms with van der Waals surface area (Å²) in [5.41, 5.74) is 1.33. The van der Waals surface area contributed by atoms with Crippen LogP contribution in [0.1, 0.15) is 33.5 Å². The van der Waals surface area contributed by atoms with Crippen molar-refractivity contribution in [2.24, 2.45) is 24.3 Å². The molecule has 0 radical (unpaired) electrons. The van der Waals surface area contributed by atoms with Gasteiger partial charge in [0.2, 0.25) is 5.91 Å². The first-order valence-corrected chi connectivity index (χ1v) is 7.69. The molecule has 1 fully saturated rings. The summed E-state index contributed by atoms with van der Waals surface area (Å²) in [5.74, 6) is 1.42. The average Bonchev–Trinajstić information content (AvgIpc) is 2.76. The maximum atomic E-state index is 12.3. The Kier molecular flexibility index (Phi) is 4.37. The van der Waals surface area contributed by atoms with Crippen LogP contribution in [0.5, 0.6) is 0 Å². The molecule has 2 unspecified atom stereocenters. The number of H-pyrrole nitrogens is 1.